The summed E-state index contributed by atoms with van der Waals surface area (Å²) < 4.78 is 40.0. The minimum Gasteiger partial charge on any atom is -0.406 e. The van der Waals surface area contributed by atoms with Crippen molar-refractivity contribution in [3.05, 3.63) is 58.1 Å². The number of anilines is 1. The SMILES string of the molecule is O=C(CNC(=O)c1ccc(Cl)cc1Cl)NCC(=O)Nc1ccc(OC(F)(F)F)cc1. The third-order valence-corrected chi connectivity index (χ3v) is 3.95. The fourth-order valence-corrected chi connectivity index (χ4v) is 2.61. The molecule has 3 amide bonds. The molecule has 2 rings (SSSR count). The molecule has 160 valence electrons. The van der Waals surface area contributed by atoms with Crippen LogP contribution in [-0.4, -0.2) is 37.2 Å². The Morgan fingerprint density at radius 3 is 2.13 bits per heavy atom. The number of nitrogens with one attached hydrogen (secondary N) is 3. The molecule has 0 fully saturated rings. The Hall–Kier alpha value is -2.98. The highest BCUT2D eigenvalue weighted by molar-refractivity contribution is 6.36. The van der Waals surface area contributed by atoms with Crippen LogP contribution in [0.4, 0.5) is 18.9 Å². The van der Waals surface area contributed by atoms with Gasteiger partial charge >= 0.3 is 6.36 Å². The van der Waals surface area contributed by atoms with Crippen molar-refractivity contribution >= 4 is 46.6 Å². The van der Waals surface area contributed by atoms with Crippen molar-refractivity contribution in [2.75, 3.05) is 18.4 Å². The van der Waals surface area contributed by atoms with Crippen LogP contribution in [0.25, 0.3) is 0 Å². The lowest BCUT2D eigenvalue weighted by molar-refractivity contribution is -0.274. The van der Waals surface area contributed by atoms with Crippen LogP contribution in [0, 0.1) is 0 Å². The monoisotopic (exact) mass is 463 g/mol. The van der Waals surface area contributed by atoms with Gasteiger partial charge in [0, 0.05) is 10.7 Å². The third-order valence-electron chi connectivity index (χ3n) is 3.40. The number of hydrogen-bond acceptors (Lipinski definition) is 4. The Morgan fingerprint density at radius 1 is 0.900 bits per heavy atom. The maximum atomic E-state index is 12.1. The number of carbonyl (C=O) groups excluding carboxylic acids is 3. The van der Waals surface area contributed by atoms with E-state index >= 15 is 0 Å². The number of benzene rings is 2. The van der Waals surface area contributed by atoms with E-state index in [-0.39, 0.29) is 16.3 Å². The van der Waals surface area contributed by atoms with Gasteiger partial charge in [-0.1, -0.05) is 23.2 Å². The van der Waals surface area contributed by atoms with Crippen LogP contribution in [0.3, 0.4) is 0 Å². The summed E-state index contributed by atoms with van der Waals surface area (Å²) in [6.07, 6.45) is -4.82. The molecule has 0 bridgehead atoms. The largest absolute Gasteiger partial charge is 0.573 e. The van der Waals surface area contributed by atoms with Gasteiger partial charge in [-0.25, -0.2) is 0 Å². The average Bonchev–Trinajstić information content (AvgIpc) is 2.65. The molecule has 3 N–H and O–H groups in total. The van der Waals surface area contributed by atoms with Crippen LogP contribution in [0.15, 0.2) is 42.5 Å². The van der Waals surface area contributed by atoms with Crippen LogP contribution in [0.1, 0.15) is 10.4 Å². The quantitative estimate of drug-likeness (QED) is 0.586. The average molecular weight is 464 g/mol. The molecule has 12 heteroatoms. The van der Waals surface area contributed by atoms with Gasteiger partial charge in [0.2, 0.25) is 11.8 Å². The van der Waals surface area contributed by atoms with E-state index in [9.17, 15) is 27.6 Å². The summed E-state index contributed by atoms with van der Waals surface area (Å²) in [5.74, 6) is -2.31. The van der Waals surface area contributed by atoms with Crippen LogP contribution < -0.4 is 20.7 Å². The minimum atomic E-state index is -4.82. The highest BCUT2D eigenvalue weighted by atomic mass is 35.5. The topological polar surface area (TPSA) is 96.5 Å². The number of amides is 3. The normalized spacial score (nSPS) is 10.8. The van der Waals surface area contributed by atoms with Gasteiger partial charge < -0.3 is 20.7 Å². The van der Waals surface area contributed by atoms with Gasteiger partial charge in [0.05, 0.1) is 23.7 Å². The molecule has 0 heterocycles. The fourth-order valence-electron chi connectivity index (χ4n) is 2.12. The van der Waals surface area contributed by atoms with Crippen molar-refractivity contribution in [2.24, 2.45) is 0 Å². The summed E-state index contributed by atoms with van der Waals surface area (Å²) in [6, 6.07) is 8.71. The van der Waals surface area contributed by atoms with Crippen molar-refractivity contribution in [3.63, 3.8) is 0 Å². The maximum Gasteiger partial charge on any atom is 0.573 e. The first kappa shape index (κ1) is 23.3. The lowest BCUT2D eigenvalue weighted by Crippen LogP contribution is -2.40. The highest BCUT2D eigenvalue weighted by Crippen LogP contribution is 2.24. The first-order valence-corrected chi connectivity index (χ1v) is 8.95. The second kappa shape index (κ2) is 10.2. The Labute approximate surface area is 178 Å². The predicted octanol–water partition coefficient (Wildman–Crippen LogP) is 3.38. The van der Waals surface area contributed by atoms with Gasteiger partial charge in [0.15, 0.2) is 0 Å². The molecule has 0 aliphatic rings. The zero-order valence-corrected chi connectivity index (χ0v) is 16.5. The van der Waals surface area contributed by atoms with E-state index in [1.807, 2.05) is 0 Å². The van der Waals surface area contributed by atoms with E-state index in [1.54, 1.807) is 0 Å². The Morgan fingerprint density at radius 2 is 1.53 bits per heavy atom. The van der Waals surface area contributed by atoms with Gasteiger partial charge in [0.25, 0.3) is 5.91 Å². The molecule has 0 unspecified atom stereocenters. The first-order valence-electron chi connectivity index (χ1n) is 8.19. The summed E-state index contributed by atoms with van der Waals surface area (Å²) >= 11 is 11.6. The Bertz CT molecular complexity index is 937. The molecule has 0 aliphatic carbocycles. The Balaban J connectivity index is 1.75. The molecule has 0 spiro atoms. The predicted molar refractivity (Wildman–Crippen MR) is 104 cm³/mol. The van der Waals surface area contributed by atoms with Gasteiger partial charge in [-0.15, -0.1) is 13.2 Å². The summed E-state index contributed by atoms with van der Waals surface area (Å²) in [5, 5.41) is 7.47. The van der Waals surface area contributed by atoms with Crippen LogP contribution in [0.5, 0.6) is 5.75 Å². The Kier molecular flexibility index (Phi) is 7.90. The minimum absolute atomic E-state index is 0.117. The zero-order valence-electron chi connectivity index (χ0n) is 15.0. The maximum absolute atomic E-state index is 12.1. The standard InChI is InChI=1S/C18H14Cl2F3N3O4/c19-10-1-6-13(14(20)7-10)17(29)25-8-15(27)24-9-16(28)26-11-2-4-12(5-3-11)30-18(21,22)23/h1-7H,8-9H2,(H,24,27)(H,25,29)(H,26,28). The van der Waals surface area contributed by atoms with Crippen LogP contribution >= 0.6 is 23.2 Å². The lowest BCUT2D eigenvalue weighted by atomic mass is 10.2. The first-order chi connectivity index (χ1) is 14.0. The van der Waals surface area contributed by atoms with E-state index in [4.69, 9.17) is 23.2 Å². The molecule has 30 heavy (non-hydrogen) atoms. The molecule has 0 saturated carbocycles. The molecule has 0 saturated heterocycles. The van der Waals surface area contributed by atoms with E-state index in [0.717, 1.165) is 12.1 Å². The van der Waals surface area contributed by atoms with Crippen molar-refractivity contribution in [2.45, 2.75) is 6.36 Å². The lowest BCUT2D eigenvalue weighted by Gasteiger charge is -2.10. The number of ether oxygens (including phenoxy) is 1. The zero-order chi connectivity index (χ0) is 22.3. The molecular weight excluding hydrogens is 450 g/mol. The van der Waals surface area contributed by atoms with Crippen molar-refractivity contribution < 1.29 is 32.3 Å². The molecule has 7 nitrogen and oxygen atoms in total. The summed E-state index contributed by atoms with van der Waals surface area (Å²) in [7, 11) is 0. The van der Waals surface area contributed by atoms with Gasteiger partial charge in [-0.2, -0.15) is 0 Å². The molecule has 0 radical (unpaired) electrons. The molecular formula is C18H14Cl2F3N3O4. The van der Waals surface area contributed by atoms with Gasteiger partial charge in [0.1, 0.15) is 5.75 Å². The number of rotatable bonds is 7. The highest BCUT2D eigenvalue weighted by Gasteiger charge is 2.30. The number of alkyl halides is 3. The van der Waals surface area contributed by atoms with Gasteiger partial charge in [-0.05, 0) is 42.5 Å². The molecule has 0 aromatic heterocycles. The van der Waals surface area contributed by atoms with Crippen molar-refractivity contribution in [1.29, 1.82) is 0 Å². The fraction of sp³-hybridized carbons (Fsp3) is 0.167. The smallest absolute Gasteiger partial charge is 0.406 e. The molecule has 2 aromatic rings. The molecule has 0 atom stereocenters. The molecule has 2 aromatic carbocycles. The number of halogens is 5. The second-order valence-corrected chi connectivity index (χ2v) is 6.55. The second-order valence-electron chi connectivity index (χ2n) is 5.70. The van der Waals surface area contributed by atoms with Gasteiger partial charge in [-0.3, -0.25) is 14.4 Å². The summed E-state index contributed by atoms with van der Waals surface area (Å²) in [6.45, 7) is -0.828. The van der Waals surface area contributed by atoms with Crippen LogP contribution in [0.2, 0.25) is 10.0 Å². The third kappa shape index (κ3) is 7.80. The summed E-state index contributed by atoms with van der Waals surface area (Å²) in [5.41, 5.74) is 0.332. The van der Waals surface area contributed by atoms with Crippen molar-refractivity contribution in [1.82, 2.24) is 10.6 Å². The summed E-state index contributed by atoms with van der Waals surface area (Å²) in [4.78, 5) is 35.6. The van der Waals surface area contributed by atoms with E-state index in [1.165, 1.54) is 30.3 Å². The van der Waals surface area contributed by atoms with E-state index in [0.29, 0.717) is 5.02 Å². The number of carbonyl (C=O) groups is 3. The number of hydrogen-bond donors (Lipinski definition) is 3. The van der Waals surface area contributed by atoms with Crippen LogP contribution in [-0.2, 0) is 9.59 Å². The molecule has 0 aliphatic heterocycles. The van der Waals surface area contributed by atoms with E-state index in [2.05, 4.69) is 20.7 Å². The van der Waals surface area contributed by atoms with Crippen molar-refractivity contribution in [3.8, 4) is 5.75 Å². The van der Waals surface area contributed by atoms with E-state index < -0.39 is 42.9 Å².